The number of nitrogens with one attached hydrogen (secondary N) is 1. The van der Waals surface area contributed by atoms with Crippen LogP contribution < -0.4 is 11.1 Å². The molecule has 0 aliphatic heterocycles. The van der Waals surface area contributed by atoms with Gasteiger partial charge in [0.15, 0.2) is 0 Å². The largest absolute Gasteiger partial charge is 0.350 e. The van der Waals surface area contributed by atoms with Crippen LogP contribution in [0.15, 0.2) is 24.3 Å². The van der Waals surface area contributed by atoms with Crippen LogP contribution in [0.25, 0.3) is 10.1 Å². The van der Waals surface area contributed by atoms with Gasteiger partial charge in [0.2, 0.25) is 5.91 Å². The van der Waals surface area contributed by atoms with Gasteiger partial charge in [-0.2, -0.15) is 0 Å². The Kier molecular flexibility index (Phi) is 3.71. The fourth-order valence-corrected chi connectivity index (χ4v) is 4.19. The number of amides is 1. The number of hydrogen-bond acceptors (Lipinski definition) is 3. The van der Waals surface area contributed by atoms with Gasteiger partial charge in [-0.1, -0.05) is 42.6 Å². The molecule has 1 fully saturated rings. The third-order valence-electron chi connectivity index (χ3n) is 3.96. The smallest absolute Gasteiger partial charge is 0.240 e. The Bertz CT molecular complexity index is 646. The summed E-state index contributed by atoms with van der Waals surface area (Å²) in [6.07, 6.45) is 3.62. The van der Waals surface area contributed by atoms with E-state index in [1.807, 2.05) is 24.3 Å². The first-order chi connectivity index (χ1) is 9.60. The molecule has 0 saturated heterocycles. The number of benzene rings is 1. The van der Waals surface area contributed by atoms with E-state index in [1.165, 1.54) is 0 Å². The predicted molar refractivity (Wildman–Crippen MR) is 84.1 cm³/mol. The topological polar surface area (TPSA) is 55.1 Å². The molecule has 1 aromatic heterocycles. The minimum atomic E-state index is -0.677. The highest BCUT2D eigenvalue weighted by molar-refractivity contribution is 7.19. The normalized spacial score (nSPS) is 17.5. The van der Waals surface area contributed by atoms with Crippen molar-refractivity contribution in [3.8, 4) is 0 Å². The van der Waals surface area contributed by atoms with Crippen molar-refractivity contribution in [2.45, 2.75) is 37.8 Å². The Labute approximate surface area is 127 Å². The number of nitrogens with two attached hydrogens (primary N) is 1. The van der Waals surface area contributed by atoms with Crippen molar-refractivity contribution < 1.29 is 4.79 Å². The molecular weight excluding hydrogens is 292 g/mol. The van der Waals surface area contributed by atoms with Crippen LogP contribution in [0.2, 0.25) is 5.02 Å². The second kappa shape index (κ2) is 5.35. The van der Waals surface area contributed by atoms with Crippen molar-refractivity contribution in [3.05, 3.63) is 34.2 Å². The molecule has 3 rings (SSSR count). The summed E-state index contributed by atoms with van der Waals surface area (Å²) in [5.41, 5.74) is 5.46. The summed E-state index contributed by atoms with van der Waals surface area (Å²) in [5, 5.41) is 4.73. The van der Waals surface area contributed by atoms with Gasteiger partial charge in [0.05, 0.1) is 17.1 Å². The lowest BCUT2D eigenvalue weighted by atomic mass is 9.98. The molecule has 3 N–H and O–H groups in total. The molecule has 0 atom stereocenters. The van der Waals surface area contributed by atoms with Gasteiger partial charge in [0.1, 0.15) is 0 Å². The van der Waals surface area contributed by atoms with E-state index in [4.69, 9.17) is 17.3 Å². The highest BCUT2D eigenvalue weighted by Gasteiger charge is 2.36. The predicted octanol–water partition coefficient (Wildman–Crippen LogP) is 3.44. The zero-order chi connectivity index (χ0) is 14.2. The summed E-state index contributed by atoms with van der Waals surface area (Å²) in [6, 6.07) is 8.00. The van der Waals surface area contributed by atoms with Crippen LogP contribution in [0.4, 0.5) is 0 Å². The molecule has 2 aromatic rings. The van der Waals surface area contributed by atoms with Crippen molar-refractivity contribution in [3.63, 3.8) is 0 Å². The number of fused-ring (bicyclic) bond motifs is 1. The van der Waals surface area contributed by atoms with Gasteiger partial charge >= 0.3 is 0 Å². The molecule has 0 unspecified atom stereocenters. The molecule has 1 heterocycles. The van der Waals surface area contributed by atoms with E-state index in [9.17, 15) is 4.79 Å². The van der Waals surface area contributed by atoms with E-state index >= 15 is 0 Å². The van der Waals surface area contributed by atoms with Crippen molar-refractivity contribution in [2.75, 3.05) is 0 Å². The van der Waals surface area contributed by atoms with Crippen LogP contribution in [0.5, 0.6) is 0 Å². The van der Waals surface area contributed by atoms with Gasteiger partial charge < -0.3 is 11.1 Å². The zero-order valence-electron chi connectivity index (χ0n) is 11.1. The third-order valence-corrected chi connectivity index (χ3v) is 5.67. The van der Waals surface area contributed by atoms with Crippen molar-refractivity contribution in [1.29, 1.82) is 0 Å². The molecule has 0 spiro atoms. The minimum Gasteiger partial charge on any atom is -0.350 e. The fourth-order valence-electron chi connectivity index (χ4n) is 2.75. The van der Waals surface area contributed by atoms with E-state index in [2.05, 4.69) is 5.32 Å². The quantitative estimate of drug-likeness (QED) is 0.912. The maximum absolute atomic E-state index is 12.2. The number of thiophene rings is 1. The summed E-state index contributed by atoms with van der Waals surface area (Å²) in [4.78, 5) is 13.2. The van der Waals surface area contributed by atoms with Gasteiger partial charge in [-0.05, 0) is 18.9 Å². The van der Waals surface area contributed by atoms with Crippen molar-refractivity contribution in [2.24, 2.45) is 5.73 Å². The average molecular weight is 309 g/mol. The van der Waals surface area contributed by atoms with Crippen LogP contribution in [0.1, 0.15) is 30.6 Å². The molecule has 1 aliphatic carbocycles. The molecule has 3 nitrogen and oxygen atoms in total. The molecule has 20 heavy (non-hydrogen) atoms. The Balaban J connectivity index is 1.74. The van der Waals surface area contributed by atoms with E-state index in [0.29, 0.717) is 6.54 Å². The summed E-state index contributed by atoms with van der Waals surface area (Å²) in [5.74, 6) is -0.0523. The molecule has 0 radical (unpaired) electrons. The van der Waals surface area contributed by atoms with E-state index < -0.39 is 5.54 Å². The maximum Gasteiger partial charge on any atom is 0.240 e. The SMILES string of the molecule is NC1(C(=O)NCc2sc3ccccc3c2Cl)CCCC1. The third kappa shape index (κ3) is 2.43. The Morgan fingerprint density at radius 1 is 1.35 bits per heavy atom. The lowest BCUT2D eigenvalue weighted by Gasteiger charge is -2.22. The lowest BCUT2D eigenvalue weighted by molar-refractivity contribution is -0.126. The molecule has 106 valence electrons. The first kappa shape index (κ1) is 13.9. The highest BCUT2D eigenvalue weighted by Crippen LogP contribution is 2.35. The zero-order valence-corrected chi connectivity index (χ0v) is 12.7. The number of rotatable bonds is 3. The summed E-state index contributed by atoms with van der Waals surface area (Å²) in [7, 11) is 0. The van der Waals surface area contributed by atoms with Crippen molar-refractivity contribution >= 4 is 38.9 Å². The van der Waals surface area contributed by atoms with Gasteiger partial charge in [0, 0.05) is 15.0 Å². The van der Waals surface area contributed by atoms with E-state index in [-0.39, 0.29) is 5.91 Å². The Morgan fingerprint density at radius 2 is 2.05 bits per heavy atom. The van der Waals surface area contributed by atoms with Gasteiger partial charge in [-0.3, -0.25) is 4.79 Å². The molecule has 0 bridgehead atoms. The molecule has 1 aromatic carbocycles. The van der Waals surface area contributed by atoms with E-state index in [1.54, 1.807) is 11.3 Å². The van der Waals surface area contributed by atoms with Crippen LogP contribution in [-0.2, 0) is 11.3 Å². The Hall–Kier alpha value is -1.10. The van der Waals surface area contributed by atoms with Crippen molar-refractivity contribution in [1.82, 2.24) is 5.32 Å². The van der Waals surface area contributed by atoms with Gasteiger partial charge in [-0.15, -0.1) is 11.3 Å². The van der Waals surface area contributed by atoms with Gasteiger partial charge in [0.25, 0.3) is 0 Å². The number of halogens is 1. The van der Waals surface area contributed by atoms with E-state index in [0.717, 1.165) is 45.7 Å². The maximum atomic E-state index is 12.2. The van der Waals surface area contributed by atoms with Crippen LogP contribution in [-0.4, -0.2) is 11.4 Å². The first-order valence-electron chi connectivity index (χ1n) is 6.83. The first-order valence-corrected chi connectivity index (χ1v) is 8.03. The monoisotopic (exact) mass is 308 g/mol. The second-order valence-electron chi connectivity index (χ2n) is 5.38. The van der Waals surface area contributed by atoms with Crippen LogP contribution in [0.3, 0.4) is 0 Å². The fraction of sp³-hybridized carbons (Fsp3) is 0.400. The Morgan fingerprint density at radius 3 is 2.75 bits per heavy atom. The average Bonchev–Trinajstić information content (AvgIpc) is 3.03. The number of hydrogen-bond donors (Lipinski definition) is 2. The number of carbonyl (C=O) groups is 1. The number of carbonyl (C=O) groups excluding carboxylic acids is 1. The molecular formula is C15H17ClN2OS. The van der Waals surface area contributed by atoms with Gasteiger partial charge in [-0.25, -0.2) is 0 Å². The second-order valence-corrected chi connectivity index (χ2v) is 6.90. The van der Waals surface area contributed by atoms with Crippen LogP contribution >= 0.6 is 22.9 Å². The lowest BCUT2D eigenvalue weighted by Crippen LogP contribution is -2.51. The highest BCUT2D eigenvalue weighted by atomic mass is 35.5. The molecule has 1 amide bonds. The summed E-state index contributed by atoms with van der Waals surface area (Å²) in [6.45, 7) is 0.454. The summed E-state index contributed by atoms with van der Waals surface area (Å²) >= 11 is 7.98. The standard InChI is InChI=1S/C15H17ClN2OS/c16-13-10-5-1-2-6-11(10)20-12(13)9-18-14(19)15(17)7-3-4-8-15/h1-2,5-6H,3-4,7-9,17H2,(H,18,19). The molecule has 1 saturated carbocycles. The van der Waals surface area contributed by atoms with Crippen LogP contribution in [0, 0.1) is 0 Å². The molecule has 5 heteroatoms. The summed E-state index contributed by atoms with van der Waals surface area (Å²) < 4.78 is 1.14. The minimum absolute atomic E-state index is 0.0523. The molecule has 1 aliphatic rings.